The summed E-state index contributed by atoms with van der Waals surface area (Å²) in [4.78, 5) is 11.6. The quantitative estimate of drug-likeness (QED) is 0.890. The van der Waals surface area contributed by atoms with Crippen molar-refractivity contribution in [2.24, 2.45) is 5.73 Å². The maximum absolute atomic E-state index is 12.6. The minimum Gasteiger partial charge on any atom is -0.348 e. The molecule has 0 aliphatic rings. The topological polar surface area (TPSA) is 55.1 Å². The molecule has 1 aromatic rings. The first-order valence-corrected chi connectivity index (χ1v) is 6.27. The van der Waals surface area contributed by atoms with Gasteiger partial charge in [-0.15, -0.1) is 0 Å². The summed E-state index contributed by atoms with van der Waals surface area (Å²) in [7, 11) is 0. The number of hydrogen-bond acceptors (Lipinski definition) is 2. The SMILES string of the molecule is C[C@@H](NC(=O)C(C)(N)C(F)(F)F)c1ccc(Br)cc1. The van der Waals surface area contributed by atoms with Crippen LogP contribution in [0.1, 0.15) is 25.5 Å². The zero-order valence-corrected chi connectivity index (χ0v) is 12.0. The van der Waals surface area contributed by atoms with Gasteiger partial charge in [0, 0.05) is 4.47 Å². The summed E-state index contributed by atoms with van der Waals surface area (Å²) < 4.78 is 38.6. The smallest absolute Gasteiger partial charge is 0.348 e. The van der Waals surface area contributed by atoms with E-state index in [1.807, 2.05) is 0 Å². The van der Waals surface area contributed by atoms with Crippen LogP contribution in [0.25, 0.3) is 0 Å². The predicted octanol–water partition coefficient (Wildman–Crippen LogP) is 2.91. The van der Waals surface area contributed by atoms with Crippen LogP contribution in [0.4, 0.5) is 13.2 Å². The fraction of sp³-hybridized carbons (Fsp3) is 0.417. The Hall–Kier alpha value is -1.08. The van der Waals surface area contributed by atoms with E-state index in [1.165, 1.54) is 0 Å². The summed E-state index contributed by atoms with van der Waals surface area (Å²) in [6.45, 7) is 2.24. The molecule has 0 fully saturated rings. The van der Waals surface area contributed by atoms with Gasteiger partial charge in [-0.3, -0.25) is 4.79 Å². The number of halogens is 4. The van der Waals surface area contributed by atoms with Crippen LogP contribution in [0.3, 0.4) is 0 Å². The van der Waals surface area contributed by atoms with E-state index >= 15 is 0 Å². The first-order chi connectivity index (χ1) is 8.55. The molecule has 2 atom stereocenters. The number of carbonyl (C=O) groups is 1. The lowest BCUT2D eigenvalue weighted by Crippen LogP contribution is -2.61. The summed E-state index contributed by atoms with van der Waals surface area (Å²) in [6.07, 6.45) is -4.80. The number of nitrogens with two attached hydrogens (primary N) is 1. The summed E-state index contributed by atoms with van der Waals surface area (Å²) in [5.41, 5.74) is 2.83. The Balaban J connectivity index is 2.80. The molecule has 0 heterocycles. The third-order valence-corrected chi connectivity index (χ3v) is 3.31. The molecule has 3 nitrogen and oxygen atoms in total. The number of nitrogens with one attached hydrogen (secondary N) is 1. The van der Waals surface area contributed by atoms with E-state index in [0.29, 0.717) is 12.5 Å². The highest BCUT2D eigenvalue weighted by Gasteiger charge is 2.54. The van der Waals surface area contributed by atoms with Crippen LogP contribution < -0.4 is 11.1 Å². The van der Waals surface area contributed by atoms with Gasteiger partial charge in [0.05, 0.1) is 6.04 Å². The molecule has 7 heteroatoms. The van der Waals surface area contributed by atoms with Crippen molar-refractivity contribution in [3.8, 4) is 0 Å². The van der Waals surface area contributed by atoms with Gasteiger partial charge in [-0.25, -0.2) is 0 Å². The van der Waals surface area contributed by atoms with E-state index in [4.69, 9.17) is 5.73 Å². The summed E-state index contributed by atoms with van der Waals surface area (Å²) >= 11 is 3.25. The number of hydrogen-bond donors (Lipinski definition) is 2. The zero-order valence-electron chi connectivity index (χ0n) is 10.4. The minimum atomic E-state index is -4.80. The first kappa shape index (κ1) is 16.0. The van der Waals surface area contributed by atoms with Crippen molar-refractivity contribution in [3.05, 3.63) is 34.3 Å². The fourth-order valence-corrected chi connectivity index (χ4v) is 1.57. The average molecular weight is 339 g/mol. The van der Waals surface area contributed by atoms with Crippen molar-refractivity contribution in [1.29, 1.82) is 0 Å². The van der Waals surface area contributed by atoms with Crippen LogP contribution >= 0.6 is 15.9 Å². The van der Waals surface area contributed by atoms with Crippen LogP contribution in [0.2, 0.25) is 0 Å². The Bertz CT molecular complexity index is 457. The largest absolute Gasteiger partial charge is 0.415 e. The van der Waals surface area contributed by atoms with Gasteiger partial charge in [0.25, 0.3) is 0 Å². The molecule has 0 aliphatic carbocycles. The Kier molecular flexibility index (Phi) is 4.63. The second kappa shape index (κ2) is 5.50. The molecule has 1 amide bonds. The highest BCUT2D eigenvalue weighted by molar-refractivity contribution is 9.10. The van der Waals surface area contributed by atoms with Gasteiger partial charge in [0.1, 0.15) is 0 Å². The normalized spacial score (nSPS) is 16.6. The Morgan fingerprint density at radius 1 is 1.32 bits per heavy atom. The number of amides is 1. The van der Waals surface area contributed by atoms with E-state index < -0.39 is 23.7 Å². The standard InChI is InChI=1S/C12H14BrF3N2O/c1-7(8-3-5-9(13)6-4-8)18-10(19)11(2,17)12(14,15)16/h3-7H,17H2,1-2H3,(H,18,19)/t7-,11?/m1/s1. The molecule has 0 radical (unpaired) electrons. The maximum atomic E-state index is 12.6. The van der Waals surface area contributed by atoms with E-state index in [1.54, 1.807) is 31.2 Å². The van der Waals surface area contributed by atoms with Crippen LogP contribution in [0, 0.1) is 0 Å². The van der Waals surface area contributed by atoms with Crippen molar-refractivity contribution in [2.45, 2.75) is 31.6 Å². The highest BCUT2D eigenvalue weighted by atomic mass is 79.9. The zero-order chi connectivity index (χ0) is 14.8. The number of carbonyl (C=O) groups excluding carboxylic acids is 1. The molecule has 3 N–H and O–H groups in total. The fourth-order valence-electron chi connectivity index (χ4n) is 1.31. The predicted molar refractivity (Wildman–Crippen MR) is 69.3 cm³/mol. The first-order valence-electron chi connectivity index (χ1n) is 5.47. The lowest BCUT2D eigenvalue weighted by Gasteiger charge is -2.28. The van der Waals surface area contributed by atoms with Gasteiger partial charge < -0.3 is 11.1 Å². The van der Waals surface area contributed by atoms with Gasteiger partial charge in [0.15, 0.2) is 5.54 Å². The second-order valence-electron chi connectivity index (χ2n) is 4.45. The minimum absolute atomic E-state index is 0.564. The van der Waals surface area contributed by atoms with Gasteiger partial charge >= 0.3 is 6.18 Å². The van der Waals surface area contributed by atoms with E-state index in [2.05, 4.69) is 21.2 Å². The van der Waals surface area contributed by atoms with Gasteiger partial charge in [-0.2, -0.15) is 13.2 Å². The van der Waals surface area contributed by atoms with Crippen molar-refractivity contribution in [2.75, 3.05) is 0 Å². The molecule has 19 heavy (non-hydrogen) atoms. The number of benzene rings is 1. The molecule has 1 aromatic carbocycles. The van der Waals surface area contributed by atoms with Gasteiger partial charge in [-0.05, 0) is 31.5 Å². The monoisotopic (exact) mass is 338 g/mol. The van der Waals surface area contributed by atoms with Crippen LogP contribution in [0.5, 0.6) is 0 Å². The molecule has 0 saturated heterocycles. The van der Waals surface area contributed by atoms with Gasteiger partial charge in [-0.1, -0.05) is 28.1 Å². The van der Waals surface area contributed by atoms with Gasteiger partial charge in [0.2, 0.25) is 5.91 Å². The average Bonchev–Trinajstić information content (AvgIpc) is 2.28. The summed E-state index contributed by atoms with van der Waals surface area (Å²) in [5, 5.41) is 2.26. The lowest BCUT2D eigenvalue weighted by molar-refractivity contribution is -0.187. The van der Waals surface area contributed by atoms with Crippen molar-refractivity contribution < 1.29 is 18.0 Å². The van der Waals surface area contributed by atoms with Crippen molar-refractivity contribution >= 4 is 21.8 Å². The second-order valence-corrected chi connectivity index (χ2v) is 5.36. The summed E-state index contributed by atoms with van der Waals surface area (Å²) in [6, 6.07) is 6.32. The molecule has 0 spiro atoms. The Labute approximate surface area is 117 Å². The molecule has 106 valence electrons. The molecule has 0 saturated carbocycles. The lowest BCUT2D eigenvalue weighted by atomic mass is 10.0. The van der Waals surface area contributed by atoms with Crippen LogP contribution in [-0.2, 0) is 4.79 Å². The number of alkyl halides is 3. The Morgan fingerprint density at radius 3 is 2.21 bits per heavy atom. The molecule has 0 aromatic heterocycles. The third-order valence-electron chi connectivity index (χ3n) is 2.78. The van der Waals surface area contributed by atoms with Crippen LogP contribution in [-0.4, -0.2) is 17.6 Å². The summed E-state index contributed by atoms with van der Waals surface area (Å²) in [5.74, 6) is -1.25. The van der Waals surface area contributed by atoms with E-state index in [9.17, 15) is 18.0 Å². The molecular weight excluding hydrogens is 325 g/mol. The van der Waals surface area contributed by atoms with E-state index in [0.717, 1.165) is 4.47 Å². The maximum Gasteiger partial charge on any atom is 0.415 e. The molecule has 0 aliphatic heterocycles. The molecule has 0 bridgehead atoms. The molecule has 1 unspecified atom stereocenters. The van der Waals surface area contributed by atoms with Crippen molar-refractivity contribution in [1.82, 2.24) is 5.32 Å². The molecule has 1 rings (SSSR count). The van der Waals surface area contributed by atoms with E-state index in [-0.39, 0.29) is 0 Å². The Morgan fingerprint density at radius 2 is 1.79 bits per heavy atom. The highest BCUT2D eigenvalue weighted by Crippen LogP contribution is 2.28. The van der Waals surface area contributed by atoms with Crippen molar-refractivity contribution in [3.63, 3.8) is 0 Å². The third kappa shape index (κ3) is 3.70. The van der Waals surface area contributed by atoms with Crippen LogP contribution in [0.15, 0.2) is 28.7 Å². The number of rotatable bonds is 3. The molecular formula is C12H14BrF3N2O.